The van der Waals surface area contributed by atoms with Gasteiger partial charge >= 0.3 is 36.8 Å². The van der Waals surface area contributed by atoms with Crippen LogP contribution in [0.4, 0.5) is 0 Å². The van der Waals surface area contributed by atoms with Gasteiger partial charge in [-0.2, -0.15) is 0 Å². The average molecular weight is 1600 g/mol. The number of hydrogen-bond donors (Lipinski definition) is 4. The minimum Gasteiger partial charge on any atom is -0.870 e. The summed E-state index contributed by atoms with van der Waals surface area (Å²) in [6.07, 6.45) is 25.1. The molecule has 108 heavy (non-hydrogen) atoms. The van der Waals surface area contributed by atoms with Crippen molar-refractivity contribution in [2.45, 2.75) is 42.0 Å². The molecule has 0 aliphatic rings. The second kappa shape index (κ2) is 40.4. The van der Waals surface area contributed by atoms with E-state index in [1.807, 2.05) is 110 Å². The van der Waals surface area contributed by atoms with Crippen LogP contribution in [0.5, 0.6) is 0 Å². The smallest absolute Gasteiger partial charge is 0.870 e. The molecule has 35 heteroatoms. The number of pyridine rings is 5. The van der Waals surface area contributed by atoms with E-state index in [1.54, 1.807) is 95.4 Å². The van der Waals surface area contributed by atoms with Crippen LogP contribution < -0.4 is 36.5 Å². The molecule has 0 aliphatic carbocycles. The SMILES string of the molecule is C.C#Cc1ccc2ncc(C(=O)OC)n2c1.COC(=O)c1cnc2ccc(C#Cc3nc(C)cs3)cn12.Cc1csc(/C=C\c2ccc3ncc(C(N)=O)n3c2)n1.Cc1csc(Br)n1.Cc1csc(C#Cc2ccc3ncc(C(=O)O)n3c2)n1.Cc1csc(C#Cc2ccc3ncc(C(N)=O)n3c2)n1.N.O.[Li+].[OH-]. The maximum atomic E-state index is 11.7. The number of nitrogens with two attached hydrogens (primary N) is 2. The Kier molecular flexibility index (Phi) is 32.4. The quantitative estimate of drug-likeness (QED) is 0.0659. The van der Waals surface area contributed by atoms with Crippen molar-refractivity contribution >= 4 is 143 Å². The van der Waals surface area contributed by atoms with Gasteiger partial charge in [0.2, 0.25) is 0 Å². The fraction of sp³-hybridized carbons (Fsp3) is 0.110. The molecule has 0 radical (unpaired) electrons. The van der Waals surface area contributed by atoms with Crippen molar-refractivity contribution in [3.05, 3.63) is 258 Å². The number of carboxylic acids is 1. The molecule has 28 nitrogen and oxygen atoms in total. The van der Waals surface area contributed by atoms with Gasteiger partial charge < -0.3 is 43.2 Å². The first-order valence-corrected chi connectivity index (χ1v) is 35.1. The number of carbonyl (C=O) groups excluding carboxylic acids is 4. The van der Waals surface area contributed by atoms with E-state index in [2.05, 4.69) is 112 Å². The second-order valence-electron chi connectivity index (χ2n) is 21.2. The molecule has 0 bridgehead atoms. The summed E-state index contributed by atoms with van der Waals surface area (Å²) in [5.41, 5.74) is 24.3. The number of halogens is 1. The van der Waals surface area contributed by atoms with E-state index in [0.29, 0.717) is 62.1 Å². The van der Waals surface area contributed by atoms with Gasteiger partial charge in [0.1, 0.15) is 44.6 Å². The van der Waals surface area contributed by atoms with Crippen LogP contribution in [-0.2, 0) is 9.47 Å². The molecule has 0 spiro atoms. The number of primary amides is 2. The number of imidazole rings is 5. The number of aromatic nitrogens is 15. The Labute approximate surface area is 657 Å². The van der Waals surface area contributed by atoms with Gasteiger partial charge in [-0.05, 0) is 141 Å². The van der Waals surface area contributed by atoms with Crippen LogP contribution in [0.2, 0.25) is 0 Å². The van der Waals surface area contributed by atoms with Crippen molar-refractivity contribution in [3.63, 3.8) is 0 Å². The van der Waals surface area contributed by atoms with Gasteiger partial charge in [-0.25, -0.2) is 64.2 Å². The Balaban J connectivity index is 0.000000234. The van der Waals surface area contributed by atoms with Gasteiger partial charge in [0.15, 0.2) is 36.0 Å². The predicted octanol–water partition coefficient (Wildman–Crippen LogP) is 8.57. The first-order chi connectivity index (χ1) is 49.6. The molecule has 15 aromatic rings. The number of methoxy groups -OCH3 is 2. The van der Waals surface area contributed by atoms with E-state index >= 15 is 0 Å². The van der Waals surface area contributed by atoms with Crippen LogP contribution >= 0.6 is 72.6 Å². The van der Waals surface area contributed by atoms with E-state index in [1.165, 1.54) is 83.6 Å². The monoisotopic (exact) mass is 1600 g/mol. The number of hydrogen-bond acceptors (Lipinski definition) is 24. The summed E-state index contributed by atoms with van der Waals surface area (Å²) in [5, 5.41) is 22.1. The minimum absolute atomic E-state index is 0. The molecule has 15 rings (SSSR count). The van der Waals surface area contributed by atoms with E-state index in [-0.39, 0.29) is 49.1 Å². The van der Waals surface area contributed by atoms with Crippen molar-refractivity contribution in [3.8, 4) is 47.9 Å². The van der Waals surface area contributed by atoms with Gasteiger partial charge in [-0.3, -0.25) is 31.6 Å². The van der Waals surface area contributed by atoms with Crippen molar-refractivity contribution in [1.29, 1.82) is 0 Å². The number of esters is 2. The molecule has 0 unspecified atom stereocenters. The number of ether oxygens (including phenoxy) is 2. The molecule has 15 aromatic heterocycles. The summed E-state index contributed by atoms with van der Waals surface area (Å²) >= 11 is 10.9. The summed E-state index contributed by atoms with van der Waals surface area (Å²) in [6, 6.07) is 18.2. The zero-order valence-electron chi connectivity index (χ0n) is 57.9. The van der Waals surface area contributed by atoms with Crippen molar-refractivity contribution in [1.82, 2.24) is 78.0 Å². The third-order valence-electron chi connectivity index (χ3n) is 13.7. The number of carboxylic acid groups (broad SMARTS) is 1. The Morgan fingerprint density at radius 2 is 0.787 bits per heavy atom. The topological polar surface area (TPSA) is 424 Å². The van der Waals surface area contributed by atoms with Crippen LogP contribution in [0.3, 0.4) is 0 Å². The molecule has 11 N–H and O–H groups in total. The molecule has 2 amide bonds. The predicted molar refractivity (Wildman–Crippen MR) is 417 cm³/mol. The minimum atomic E-state index is -1.02. The Morgan fingerprint density at radius 3 is 1.11 bits per heavy atom. The molecular formula is C73H64BrLiN18O10S5. The van der Waals surface area contributed by atoms with Crippen molar-refractivity contribution in [2.24, 2.45) is 11.5 Å². The summed E-state index contributed by atoms with van der Waals surface area (Å²) < 4.78 is 18.4. The third kappa shape index (κ3) is 22.7. The molecule has 15 heterocycles. The van der Waals surface area contributed by atoms with Crippen LogP contribution in [-0.4, -0.2) is 132 Å². The largest absolute Gasteiger partial charge is 1.00 e. The van der Waals surface area contributed by atoms with E-state index < -0.39 is 29.7 Å². The number of rotatable bonds is 7. The number of nitrogens with zero attached hydrogens (tertiary/aromatic N) is 15. The number of aromatic carboxylic acids is 1. The number of amides is 2. The van der Waals surface area contributed by atoms with Gasteiger partial charge in [0.05, 0.1) is 45.2 Å². The van der Waals surface area contributed by atoms with E-state index in [4.69, 9.17) is 27.7 Å². The second-order valence-corrected chi connectivity index (χ2v) is 26.8. The standard InChI is InChI=1S/C15H11N3O2S.C14H12N4OS.C14H10N4OS.C14H9N3O2S.C11H8N2O2.C4H4BrNS.CH4.Li.H3N.2H2O/c1-10-9-21-14(17-10)6-4-11-3-5-13-16-7-12(15(19)20-2)18(13)8-11;2*1-9-8-20-13(17-9)5-3-10-2-4-12-16-6-11(14(15)19)18(12)7-10;1-9-8-20-13(16-9)5-3-10-2-4-12-15-6-11(14(18)19)17(12)7-10;1-3-8-4-5-10-12-6-9(11(14)15-2)13(10)7-8;1-3-2-7-4(5)6-3;;;;;/h3,5,7-9H,1-2H3;2-8H,1H3,(H2,15,19);2,4,6-8H,1H3,(H2,15,19);2,4,6-8H,1H3,(H,18,19);1,4-7H,2H3;2H,1H3;1H4;;1H3;2*1H2/q;;;;;;;+1;;;/p-1/b;5-3-;;;;;;;;;. The first kappa shape index (κ1) is 86.5. The first-order valence-electron chi connectivity index (χ1n) is 29.9. The number of thiazole rings is 5. The maximum Gasteiger partial charge on any atom is 1.00 e. The molecule has 0 aliphatic heterocycles. The van der Waals surface area contributed by atoms with Crippen LogP contribution in [0, 0.1) is 82.5 Å². The Bertz CT molecular complexity index is 5810. The summed E-state index contributed by atoms with van der Waals surface area (Å²) in [6.45, 7) is 9.71. The van der Waals surface area contributed by atoms with Crippen LogP contribution in [0.25, 0.3) is 40.4 Å². The molecule has 0 fully saturated rings. The third-order valence-corrected chi connectivity index (χ3v) is 18.7. The number of terminal acetylenes is 1. The molecular weight excluding hydrogens is 1540 g/mol. The van der Waals surface area contributed by atoms with Crippen LogP contribution in [0.15, 0.2) is 153 Å². The molecule has 0 atom stereocenters. The molecule has 0 saturated heterocycles. The zero-order chi connectivity index (χ0) is 73.3. The summed E-state index contributed by atoms with van der Waals surface area (Å²) in [5.74, 6) is 17.6. The van der Waals surface area contributed by atoms with Crippen molar-refractivity contribution < 1.29 is 68.4 Å². The van der Waals surface area contributed by atoms with E-state index in [0.717, 1.165) is 69.1 Å². The number of aryl methyl sites for hydroxylation is 5. The fourth-order valence-electron chi connectivity index (χ4n) is 8.91. The molecule has 0 aromatic carbocycles. The fourth-order valence-corrected chi connectivity index (χ4v) is 12.6. The summed E-state index contributed by atoms with van der Waals surface area (Å²) in [4.78, 5) is 98.4. The normalized spacial score (nSPS) is 9.88. The Hall–Kier alpha value is -12.1. The molecule has 0 saturated carbocycles. The number of carbonyl (C=O) groups is 5. The maximum absolute atomic E-state index is 11.7. The molecule has 544 valence electrons. The summed E-state index contributed by atoms with van der Waals surface area (Å²) in [7, 11) is 2.67. The van der Waals surface area contributed by atoms with Crippen molar-refractivity contribution in [2.75, 3.05) is 14.2 Å². The van der Waals surface area contributed by atoms with Gasteiger partial charge in [0.25, 0.3) is 11.8 Å². The van der Waals surface area contributed by atoms with Crippen LogP contribution in [0.1, 0.15) is 136 Å². The number of fused-ring (bicyclic) bond motifs is 5. The van der Waals surface area contributed by atoms with Gasteiger partial charge in [0, 0.05) is 109 Å². The van der Waals surface area contributed by atoms with E-state index in [9.17, 15) is 24.0 Å². The van der Waals surface area contributed by atoms with Gasteiger partial charge in [-0.15, -0.1) is 63.1 Å². The van der Waals surface area contributed by atoms with Gasteiger partial charge in [-0.1, -0.05) is 37.2 Å². The average Bonchev–Trinajstić information content (AvgIpc) is 1.69. The Morgan fingerprint density at radius 1 is 0.463 bits per heavy atom. The zero-order valence-corrected chi connectivity index (χ0v) is 63.6.